The Morgan fingerprint density at radius 3 is 2.44 bits per heavy atom. The van der Waals surface area contributed by atoms with Gasteiger partial charge in [0.1, 0.15) is 5.82 Å². The predicted octanol–water partition coefficient (Wildman–Crippen LogP) is 4.46. The summed E-state index contributed by atoms with van der Waals surface area (Å²) in [7, 11) is -3.98. The summed E-state index contributed by atoms with van der Waals surface area (Å²) in [5.41, 5.74) is 3.72. The minimum atomic E-state index is -3.98. The van der Waals surface area contributed by atoms with E-state index in [-0.39, 0.29) is 16.4 Å². The van der Waals surface area contributed by atoms with Gasteiger partial charge in [-0.25, -0.2) is 18.1 Å². The number of aromatic nitrogens is 2. The summed E-state index contributed by atoms with van der Waals surface area (Å²) in [6, 6.07) is 14.2. The SMILES string of the molecule is CCCCc1nc(C2CC2)[nH]c(=O)c1Cc1ccc(-c2ccccc2S(=O)(=O)NC(=O)C2CC2)cc1. The van der Waals surface area contributed by atoms with Crippen LogP contribution in [0, 0.1) is 5.92 Å². The van der Waals surface area contributed by atoms with Crippen LogP contribution >= 0.6 is 0 Å². The van der Waals surface area contributed by atoms with Gasteiger partial charge in [0, 0.05) is 29.4 Å². The van der Waals surface area contributed by atoms with E-state index in [1.807, 2.05) is 24.3 Å². The van der Waals surface area contributed by atoms with Crippen molar-refractivity contribution >= 4 is 15.9 Å². The van der Waals surface area contributed by atoms with Gasteiger partial charge in [-0.2, -0.15) is 0 Å². The number of H-pyrrole nitrogens is 1. The lowest BCUT2D eigenvalue weighted by Crippen LogP contribution is -2.32. The number of unbranched alkanes of at least 4 members (excludes halogenated alkanes) is 1. The van der Waals surface area contributed by atoms with Gasteiger partial charge in [0.25, 0.3) is 15.6 Å². The van der Waals surface area contributed by atoms with E-state index in [1.54, 1.807) is 18.2 Å². The Bertz CT molecular complexity index is 1440. The summed E-state index contributed by atoms with van der Waals surface area (Å²) < 4.78 is 28.1. The van der Waals surface area contributed by atoms with Crippen LogP contribution in [0.5, 0.6) is 0 Å². The number of nitrogens with zero attached hydrogens (tertiary/aromatic N) is 1. The van der Waals surface area contributed by atoms with Gasteiger partial charge < -0.3 is 4.98 Å². The third kappa shape index (κ3) is 5.43. The molecular weight excluding hydrogens is 474 g/mol. The minimum Gasteiger partial charge on any atom is -0.310 e. The maximum atomic E-state index is 12.9. The first-order valence-electron chi connectivity index (χ1n) is 12.7. The molecule has 3 aromatic rings. The molecule has 5 rings (SSSR count). The summed E-state index contributed by atoms with van der Waals surface area (Å²) in [4.78, 5) is 33.0. The quantitative estimate of drug-likeness (QED) is 0.423. The van der Waals surface area contributed by atoms with Gasteiger partial charge in [-0.3, -0.25) is 9.59 Å². The van der Waals surface area contributed by atoms with Gasteiger partial charge in [-0.05, 0) is 55.7 Å². The highest BCUT2D eigenvalue weighted by Crippen LogP contribution is 2.38. The molecule has 8 heteroatoms. The highest BCUT2D eigenvalue weighted by Gasteiger charge is 2.33. The number of hydrogen-bond donors (Lipinski definition) is 2. The van der Waals surface area contributed by atoms with E-state index in [0.717, 1.165) is 67.6 Å². The molecule has 2 N–H and O–H groups in total. The molecule has 0 atom stereocenters. The van der Waals surface area contributed by atoms with Gasteiger partial charge >= 0.3 is 0 Å². The molecule has 2 aliphatic carbocycles. The molecule has 188 valence electrons. The topological polar surface area (TPSA) is 109 Å². The first-order valence-corrected chi connectivity index (χ1v) is 14.2. The minimum absolute atomic E-state index is 0.0649. The maximum absolute atomic E-state index is 12.9. The molecule has 0 saturated heterocycles. The van der Waals surface area contributed by atoms with Crippen LogP contribution in [0.2, 0.25) is 0 Å². The lowest BCUT2D eigenvalue weighted by atomic mass is 9.98. The van der Waals surface area contributed by atoms with Crippen LogP contribution < -0.4 is 10.3 Å². The summed E-state index contributed by atoms with van der Waals surface area (Å²) in [6.45, 7) is 2.13. The normalized spacial score (nSPS) is 15.6. The van der Waals surface area contributed by atoms with Crippen molar-refractivity contribution in [3.63, 3.8) is 0 Å². The van der Waals surface area contributed by atoms with Crippen molar-refractivity contribution in [1.29, 1.82) is 0 Å². The van der Waals surface area contributed by atoms with Crippen molar-refractivity contribution in [2.24, 2.45) is 5.92 Å². The zero-order valence-electron chi connectivity index (χ0n) is 20.4. The van der Waals surface area contributed by atoms with E-state index in [2.05, 4.69) is 16.6 Å². The molecule has 36 heavy (non-hydrogen) atoms. The Kier molecular flexibility index (Phi) is 6.79. The zero-order chi connectivity index (χ0) is 25.3. The number of carbonyl (C=O) groups is 1. The molecule has 7 nitrogen and oxygen atoms in total. The van der Waals surface area contributed by atoms with Crippen molar-refractivity contribution in [3.05, 3.63) is 81.5 Å². The first-order chi connectivity index (χ1) is 17.4. The molecular formula is C28H31N3O4S. The van der Waals surface area contributed by atoms with Crippen LogP contribution in [0.15, 0.2) is 58.2 Å². The number of hydrogen-bond acceptors (Lipinski definition) is 5. The van der Waals surface area contributed by atoms with Crippen LogP contribution in [-0.2, 0) is 27.7 Å². The molecule has 2 fully saturated rings. The summed E-state index contributed by atoms with van der Waals surface area (Å²) in [5.74, 6) is 0.559. The molecule has 0 aliphatic heterocycles. The molecule has 0 bridgehead atoms. The second-order valence-electron chi connectivity index (χ2n) is 9.87. The zero-order valence-corrected chi connectivity index (χ0v) is 21.2. The fourth-order valence-electron chi connectivity index (χ4n) is 4.41. The number of aromatic amines is 1. The number of benzene rings is 2. The fourth-order valence-corrected chi connectivity index (χ4v) is 5.68. The van der Waals surface area contributed by atoms with Crippen molar-refractivity contribution in [3.8, 4) is 11.1 Å². The Morgan fingerprint density at radius 1 is 1.06 bits per heavy atom. The largest absolute Gasteiger partial charge is 0.310 e. The Hall–Kier alpha value is -3.26. The van der Waals surface area contributed by atoms with Crippen molar-refractivity contribution < 1.29 is 13.2 Å². The third-order valence-electron chi connectivity index (χ3n) is 6.86. The van der Waals surface area contributed by atoms with Crippen LogP contribution in [0.4, 0.5) is 0 Å². The lowest BCUT2D eigenvalue weighted by Gasteiger charge is -2.13. The van der Waals surface area contributed by atoms with E-state index in [1.165, 1.54) is 6.07 Å². The van der Waals surface area contributed by atoms with E-state index in [4.69, 9.17) is 4.98 Å². The maximum Gasteiger partial charge on any atom is 0.264 e. The molecule has 2 saturated carbocycles. The van der Waals surface area contributed by atoms with E-state index in [0.29, 0.717) is 23.5 Å². The third-order valence-corrected chi connectivity index (χ3v) is 8.26. The average molecular weight is 506 g/mol. The lowest BCUT2D eigenvalue weighted by molar-refractivity contribution is -0.120. The second-order valence-corrected chi connectivity index (χ2v) is 11.5. The molecule has 1 amide bonds. The van der Waals surface area contributed by atoms with Crippen molar-refractivity contribution in [2.45, 2.75) is 69.1 Å². The molecule has 1 aromatic heterocycles. The van der Waals surface area contributed by atoms with Gasteiger partial charge in [0.15, 0.2) is 0 Å². The Balaban J connectivity index is 1.40. The highest BCUT2D eigenvalue weighted by atomic mass is 32.2. The molecule has 0 radical (unpaired) electrons. The smallest absolute Gasteiger partial charge is 0.264 e. The van der Waals surface area contributed by atoms with Crippen LogP contribution in [-0.4, -0.2) is 24.3 Å². The summed E-state index contributed by atoms with van der Waals surface area (Å²) in [6.07, 6.45) is 6.88. The standard InChI is InChI=1S/C28H31N3O4S/c1-2-3-7-24-23(28(33)30-26(29-24)20-13-14-20)17-18-9-11-19(12-10-18)22-6-4-5-8-25(22)36(34,35)31-27(32)21-15-16-21/h4-6,8-12,20-21H,2-3,7,13-17H2,1H3,(H,31,32)(H,29,30,33). The molecule has 2 aliphatic rings. The number of carbonyl (C=O) groups excluding carboxylic acids is 1. The Morgan fingerprint density at radius 2 is 1.78 bits per heavy atom. The second kappa shape index (κ2) is 10.0. The number of sulfonamides is 1. The van der Waals surface area contributed by atoms with E-state index >= 15 is 0 Å². The highest BCUT2D eigenvalue weighted by molar-refractivity contribution is 7.90. The van der Waals surface area contributed by atoms with E-state index < -0.39 is 15.9 Å². The van der Waals surface area contributed by atoms with Crippen molar-refractivity contribution in [1.82, 2.24) is 14.7 Å². The van der Waals surface area contributed by atoms with Gasteiger partial charge in [-0.1, -0.05) is 55.8 Å². The number of nitrogens with one attached hydrogen (secondary N) is 2. The monoisotopic (exact) mass is 505 g/mol. The molecule has 0 spiro atoms. The summed E-state index contributed by atoms with van der Waals surface area (Å²) >= 11 is 0. The van der Waals surface area contributed by atoms with Gasteiger partial charge in [0.05, 0.1) is 10.6 Å². The average Bonchev–Trinajstić information content (AvgIpc) is 3.77. The van der Waals surface area contributed by atoms with Crippen LogP contribution in [0.3, 0.4) is 0 Å². The number of rotatable bonds is 10. The van der Waals surface area contributed by atoms with E-state index in [9.17, 15) is 18.0 Å². The summed E-state index contributed by atoms with van der Waals surface area (Å²) in [5, 5.41) is 0. The number of aryl methyl sites for hydroxylation is 1. The molecule has 1 heterocycles. The Labute approximate surface area is 211 Å². The van der Waals surface area contributed by atoms with Crippen molar-refractivity contribution in [2.75, 3.05) is 0 Å². The first kappa shape index (κ1) is 24.4. The molecule has 2 aromatic carbocycles. The van der Waals surface area contributed by atoms with Gasteiger partial charge in [-0.15, -0.1) is 0 Å². The predicted molar refractivity (Wildman–Crippen MR) is 138 cm³/mol. The van der Waals surface area contributed by atoms with Crippen LogP contribution in [0.25, 0.3) is 11.1 Å². The molecule has 0 unspecified atom stereocenters. The fraction of sp³-hybridized carbons (Fsp3) is 0.393. The van der Waals surface area contributed by atoms with Crippen LogP contribution in [0.1, 0.15) is 74.0 Å². The number of amides is 1. The van der Waals surface area contributed by atoms with Gasteiger partial charge in [0.2, 0.25) is 5.91 Å².